The predicted molar refractivity (Wildman–Crippen MR) is 70.3 cm³/mol. The molecule has 1 atom stereocenters. The Labute approximate surface area is 110 Å². The molecule has 0 radical (unpaired) electrons. The Morgan fingerprint density at radius 1 is 1.59 bits per heavy atom. The summed E-state index contributed by atoms with van der Waals surface area (Å²) in [6.07, 6.45) is 1.02. The molecular weight excluding hydrogens is 282 g/mol. The van der Waals surface area contributed by atoms with E-state index < -0.39 is 0 Å². The molecule has 0 bridgehead atoms. The summed E-state index contributed by atoms with van der Waals surface area (Å²) in [5.74, 6) is 0.153. The van der Waals surface area contributed by atoms with E-state index in [2.05, 4.69) is 20.8 Å². The molecule has 0 aromatic heterocycles. The van der Waals surface area contributed by atoms with Crippen molar-refractivity contribution in [3.05, 3.63) is 34.3 Å². The van der Waals surface area contributed by atoms with E-state index in [1.807, 2.05) is 31.3 Å². The van der Waals surface area contributed by atoms with E-state index in [0.717, 1.165) is 29.7 Å². The maximum atomic E-state index is 12.1. The lowest BCUT2D eigenvalue weighted by molar-refractivity contribution is 0.0907. The molecule has 17 heavy (non-hydrogen) atoms. The standard InChI is InChI=1S/C13H16BrNO2/c1-15(12-5-6-17-9-12)8-13(16)10-3-2-4-11(14)7-10/h2-4,7,12H,5-6,8-9H2,1H3. The van der Waals surface area contributed by atoms with Gasteiger partial charge >= 0.3 is 0 Å². The van der Waals surface area contributed by atoms with Crippen LogP contribution in [0.15, 0.2) is 28.7 Å². The predicted octanol–water partition coefficient (Wildman–Crippen LogP) is 2.35. The molecule has 1 aromatic carbocycles. The molecule has 3 nitrogen and oxygen atoms in total. The molecule has 1 aliphatic heterocycles. The zero-order valence-corrected chi connectivity index (χ0v) is 11.4. The maximum absolute atomic E-state index is 12.1. The van der Waals surface area contributed by atoms with Crippen molar-refractivity contribution in [2.45, 2.75) is 12.5 Å². The van der Waals surface area contributed by atoms with Crippen molar-refractivity contribution in [2.24, 2.45) is 0 Å². The monoisotopic (exact) mass is 297 g/mol. The molecule has 0 saturated carbocycles. The minimum Gasteiger partial charge on any atom is -0.380 e. The molecule has 1 unspecified atom stereocenters. The zero-order chi connectivity index (χ0) is 12.3. The largest absolute Gasteiger partial charge is 0.380 e. The molecule has 0 amide bonds. The molecule has 0 N–H and O–H groups in total. The molecule has 0 aliphatic carbocycles. The van der Waals surface area contributed by atoms with Gasteiger partial charge in [-0.25, -0.2) is 0 Å². The minimum absolute atomic E-state index is 0.153. The fourth-order valence-corrected chi connectivity index (χ4v) is 2.38. The Balaban J connectivity index is 1.96. The molecule has 92 valence electrons. The Morgan fingerprint density at radius 3 is 3.06 bits per heavy atom. The molecule has 1 heterocycles. The summed E-state index contributed by atoms with van der Waals surface area (Å²) < 4.78 is 6.26. The average Bonchev–Trinajstić information content (AvgIpc) is 2.82. The van der Waals surface area contributed by atoms with Crippen LogP contribution in [0.5, 0.6) is 0 Å². The molecule has 4 heteroatoms. The van der Waals surface area contributed by atoms with Gasteiger partial charge < -0.3 is 4.74 Å². The van der Waals surface area contributed by atoms with Crippen molar-refractivity contribution in [1.29, 1.82) is 0 Å². The lowest BCUT2D eigenvalue weighted by Crippen LogP contribution is -2.36. The van der Waals surface area contributed by atoms with Crippen LogP contribution in [0.2, 0.25) is 0 Å². The molecule has 1 aromatic rings. The fraction of sp³-hybridized carbons (Fsp3) is 0.462. The smallest absolute Gasteiger partial charge is 0.176 e. The number of hydrogen-bond acceptors (Lipinski definition) is 3. The summed E-state index contributed by atoms with van der Waals surface area (Å²) in [5, 5.41) is 0. The van der Waals surface area contributed by atoms with Crippen LogP contribution in [0.3, 0.4) is 0 Å². The summed E-state index contributed by atoms with van der Waals surface area (Å²) >= 11 is 3.38. The normalized spacial score (nSPS) is 19.8. The Bertz CT molecular complexity index is 402. The third kappa shape index (κ3) is 3.37. The SMILES string of the molecule is CN(CC(=O)c1cccc(Br)c1)C1CCOC1. The number of carbonyl (C=O) groups is 1. The van der Waals surface area contributed by atoms with Crippen LogP contribution in [0, 0.1) is 0 Å². The van der Waals surface area contributed by atoms with Gasteiger partial charge in [0.1, 0.15) is 0 Å². The van der Waals surface area contributed by atoms with Crippen molar-refractivity contribution in [3.63, 3.8) is 0 Å². The Morgan fingerprint density at radius 2 is 2.41 bits per heavy atom. The summed E-state index contributed by atoms with van der Waals surface area (Å²) in [6, 6.07) is 7.90. The zero-order valence-electron chi connectivity index (χ0n) is 9.86. The van der Waals surface area contributed by atoms with Gasteiger partial charge in [0, 0.05) is 22.7 Å². The van der Waals surface area contributed by atoms with E-state index in [9.17, 15) is 4.79 Å². The fourth-order valence-electron chi connectivity index (χ4n) is 1.98. The first-order valence-electron chi connectivity index (χ1n) is 5.73. The molecule has 2 rings (SSSR count). The lowest BCUT2D eigenvalue weighted by atomic mass is 10.1. The van der Waals surface area contributed by atoms with Gasteiger partial charge in [0.2, 0.25) is 0 Å². The molecule has 0 spiro atoms. The van der Waals surface area contributed by atoms with Crippen LogP contribution in [0.25, 0.3) is 0 Å². The van der Waals surface area contributed by atoms with Crippen molar-refractivity contribution < 1.29 is 9.53 Å². The second-order valence-corrected chi connectivity index (χ2v) is 5.28. The number of benzene rings is 1. The highest BCUT2D eigenvalue weighted by Gasteiger charge is 2.22. The highest BCUT2D eigenvalue weighted by molar-refractivity contribution is 9.10. The van der Waals surface area contributed by atoms with E-state index in [1.165, 1.54) is 0 Å². The van der Waals surface area contributed by atoms with E-state index >= 15 is 0 Å². The quantitative estimate of drug-likeness (QED) is 0.799. The van der Waals surface area contributed by atoms with Crippen molar-refractivity contribution >= 4 is 21.7 Å². The highest BCUT2D eigenvalue weighted by atomic mass is 79.9. The third-order valence-corrected chi connectivity index (χ3v) is 3.56. The van der Waals surface area contributed by atoms with Crippen molar-refractivity contribution in [2.75, 3.05) is 26.8 Å². The van der Waals surface area contributed by atoms with Crippen LogP contribution < -0.4 is 0 Å². The van der Waals surface area contributed by atoms with Crippen LogP contribution in [-0.4, -0.2) is 43.5 Å². The number of rotatable bonds is 4. The van der Waals surface area contributed by atoms with Crippen molar-refractivity contribution in [3.8, 4) is 0 Å². The number of likely N-dealkylation sites (N-methyl/N-ethyl adjacent to an activating group) is 1. The first kappa shape index (κ1) is 12.7. The van der Waals surface area contributed by atoms with Gasteiger partial charge in [-0.3, -0.25) is 9.69 Å². The maximum Gasteiger partial charge on any atom is 0.176 e. The van der Waals surface area contributed by atoms with Gasteiger partial charge in [-0.1, -0.05) is 28.1 Å². The lowest BCUT2D eigenvalue weighted by Gasteiger charge is -2.21. The molecule has 1 saturated heterocycles. The second kappa shape index (κ2) is 5.76. The summed E-state index contributed by atoms with van der Waals surface area (Å²) in [6.45, 7) is 1.99. The van der Waals surface area contributed by atoms with Crippen molar-refractivity contribution in [1.82, 2.24) is 4.90 Å². The van der Waals surface area contributed by atoms with Gasteiger partial charge in [-0.05, 0) is 25.6 Å². The van der Waals surface area contributed by atoms with Gasteiger partial charge in [0.25, 0.3) is 0 Å². The second-order valence-electron chi connectivity index (χ2n) is 4.37. The first-order valence-corrected chi connectivity index (χ1v) is 6.53. The number of ether oxygens (including phenoxy) is 1. The van der Waals surface area contributed by atoms with Gasteiger partial charge in [-0.2, -0.15) is 0 Å². The number of Topliss-reactive ketones (excluding diaryl/α,β-unsaturated/α-hetero) is 1. The molecule has 1 fully saturated rings. The van der Waals surface area contributed by atoms with Crippen LogP contribution in [-0.2, 0) is 4.74 Å². The van der Waals surface area contributed by atoms with Gasteiger partial charge in [0.15, 0.2) is 5.78 Å². The van der Waals surface area contributed by atoms with E-state index in [1.54, 1.807) is 0 Å². The number of hydrogen-bond donors (Lipinski definition) is 0. The number of ketones is 1. The average molecular weight is 298 g/mol. The van der Waals surface area contributed by atoms with E-state index in [0.29, 0.717) is 12.6 Å². The number of halogens is 1. The van der Waals surface area contributed by atoms with E-state index in [-0.39, 0.29) is 5.78 Å². The summed E-state index contributed by atoms with van der Waals surface area (Å²) in [7, 11) is 1.98. The first-order chi connectivity index (χ1) is 8.16. The minimum atomic E-state index is 0.153. The van der Waals surface area contributed by atoms with E-state index in [4.69, 9.17) is 4.74 Å². The summed E-state index contributed by atoms with van der Waals surface area (Å²) in [4.78, 5) is 14.1. The van der Waals surface area contributed by atoms with Crippen LogP contribution >= 0.6 is 15.9 Å². The molecular formula is C13H16BrNO2. The third-order valence-electron chi connectivity index (χ3n) is 3.07. The summed E-state index contributed by atoms with van der Waals surface area (Å²) in [5.41, 5.74) is 0.755. The number of carbonyl (C=O) groups excluding carboxylic acids is 1. The highest BCUT2D eigenvalue weighted by Crippen LogP contribution is 2.14. The number of nitrogens with zero attached hydrogens (tertiary/aromatic N) is 1. The van der Waals surface area contributed by atoms with Gasteiger partial charge in [0.05, 0.1) is 13.2 Å². The molecule has 1 aliphatic rings. The van der Waals surface area contributed by atoms with Gasteiger partial charge in [-0.15, -0.1) is 0 Å². The topological polar surface area (TPSA) is 29.5 Å². The Kier molecular flexibility index (Phi) is 4.31. The van der Waals surface area contributed by atoms with Crippen LogP contribution in [0.4, 0.5) is 0 Å². The Hall–Kier alpha value is -0.710. The van der Waals surface area contributed by atoms with Crippen LogP contribution in [0.1, 0.15) is 16.8 Å².